The van der Waals surface area contributed by atoms with Crippen molar-refractivity contribution in [3.05, 3.63) is 23.8 Å². The highest BCUT2D eigenvalue weighted by atomic mass is 32.2. The van der Waals surface area contributed by atoms with E-state index in [1.54, 1.807) is 0 Å². The van der Waals surface area contributed by atoms with Crippen LogP contribution in [-0.4, -0.2) is 43.0 Å². The summed E-state index contributed by atoms with van der Waals surface area (Å²) in [6.45, 7) is 10.8. The number of nitrogen functional groups attached to an aromatic ring is 1. The molecule has 20 heavy (non-hydrogen) atoms. The Kier molecular flexibility index (Phi) is 5.75. The van der Waals surface area contributed by atoms with Crippen molar-refractivity contribution in [3.8, 4) is 0 Å². The summed E-state index contributed by atoms with van der Waals surface area (Å²) >= 11 is 1.88. The summed E-state index contributed by atoms with van der Waals surface area (Å²) < 4.78 is 5.89. The first kappa shape index (κ1) is 15.7. The van der Waals surface area contributed by atoms with E-state index in [-0.39, 0.29) is 0 Å². The molecule has 0 spiro atoms. The van der Waals surface area contributed by atoms with Gasteiger partial charge in [-0.15, -0.1) is 11.8 Å². The maximum absolute atomic E-state index is 5.89. The van der Waals surface area contributed by atoms with Crippen molar-refractivity contribution in [3.63, 3.8) is 0 Å². The van der Waals surface area contributed by atoms with Crippen molar-refractivity contribution in [1.29, 1.82) is 0 Å². The average Bonchev–Trinajstić information content (AvgIpc) is 2.37. The number of benzene rings is 1. The molecule has 4 heteroatoms. The molecule has 0 saturated carbocycles. The van der Waals surface area contributed by atoms with Crippen molar-refractivity contribution in [1.82, 2.24) is 4.90 Å². The molecule has 0 radical (unpaired) electrons. The molecule has 1 aromatic rings. The zero-order valence-electron chi connectivity index (χ0n) is 12.8. The molecule has 1 atom stereocenters. The molecule has 1 aliphatic rings. The van der Waals surface area contributed by atoms with Crippen molar-refractivity contribution in [2.24, 2.45) is 5.92 Å². The Morgan fingerprint density at radius 1 is 1.45 bits per heavy atom. The van der Waals surface area contributed by atoms with E-state index in [0.29, 0.717) is 6.10 Å². The van der Waals surface area contributed by atoms with E-state index in [1.165, 1.54) is 17.0 Å². The van der Waals surface area contributed by atoms with Crippen molar-refractivity contribution >= 4 is 17.4 Å². The highest BCUT2D eigenvalue weighted by Crippen LogP contribution is 2.26. The highest BCUT2D eigenvalue weighted by molar-refractivity contribution is 7.99. The molecule has 0 aromatic heterocycles. The second-order valence-electron chi connectivity index (χ2n) is 5.98. The van der Waals surface area contributed by atoms with E-state index in [4.69, 9.17) is 10.5 Å². The molecule has 2 rings (SSSR count). The third kappa shape index (κ3) is 4.69. The second-order valence-corrected chi connectivity index (χ2v) is 7.04. The van der Waals surface area contributed by atoms with Crippen molar-refractivity contribution < 1.29 is 4.74 Å². The standard InChI is InChI=1S/C16H26N2OS/c1-12(2)9-18-6-7-19-15(10-18)11-20-16-5-4-14(17)8-13(16)3/h4-5,8,12,15H,6-7,9-11,17H2,1-3H3. The number of nitrogens with two attached hydrogens (primary N) is 1. The van der Waals surface area contributed by atoms with Crippen LogP contribution in [0.25, 0.3) is 0 Å². The molecule has 1 fully saturated rings. The molecule has 1 saturated heterocycles. The lowest BCUT2D eigenvalue weighted by Gasteiger charge is -2.33. The van der Waals surface area contributed by atoms with Gasteiger partial charge in [0.05, 0.1) is 12.7 Å². The minimum atomic E-state index is 0.337. The summed E-state index contributed by atoms with van der Waals surface area (Å²) in [5.41, 5.74) is 7.88. The van der Waals surface area contributed by atoms with Crippen LogP contribution in [0, 0.1) is 12.8 Å². The average molecular weight is 294 g/mol. The van der Waals surface area contributed by atoms with Gasteiger partial charge in [0.2, 0.25) is 0 Å². The SMILES string of the molecule is Cc1cc(N)ccc1SCC1CN(CC(C)C)CCO1. The lowest BCUT2D eigenvalue weighted by molar-refractivity contribution is -0.0191. The van der Waals surface area contributed by atoms with Crippen LogP contribution in [0.3, 0.4) is 0 Å². The number of morpholine rings is 1. The summed E-state index contributed by atoms with van der Waals surface area (Å²) in [6, 6.07) is 6.13. The quantitative estimate of drug-likeness (QED) is 0.669. The predicted octanol–water partition coefficient (Wildman–Crippen LogP) is 3.03. The van der Waals surface area contributed by atoms with E-state index < -0.39 is 0 Å². The number of hydrogen-bond acceptors (Lipinski definition) is 4. The number of anilines is 1. The number of nitrogens with zero attached hydrogens (tertiary/aromatic N) is 1. The van der Waals surface area contributed by atoms with Crippen molar-refractivity contribution in [2.75, 3.05) is 37.7 Å². The van der Waals surface area contributed by atoms with E-state index in [0.717, 1.165) is 37.1 Å². The van der Waals surface area contributed by atoms with E-state index in [9.17, 15) is 0 Å². The molecule has 0 bridgehead atoms. The van der Waals surface area contributed by atoms with Gasteiger partial charge in [0.15, 0.2) is 0 Å². The van der Waals surface area contributed by atoms with Crippen LogP contribution in [-0.2, 0) is 4.74 Å². The van der Waals surface area contributed by atoms with Gasteiger partial charge in [0, 0.05) is 36.0 Å². The molecule has 0 aliphatic carbocycles. The molecule has 1 aromatic carbocycles. The maximum atomic E-state index is 5.89. The molecule has 1 aliphatic heterocycles. The molecule has 112 valence electrons. The van der Waals surface area contributed by atoms with Crippen LogP contribution in [0.2, 0.25) is 0 Å². The fourth-order valence-electron chi connectivity index (χ4n) is 2.58. The van der Waals surface area contributed by atoms with Gasteiger partial charge >= 0.3 is 0 Å². The highest BCUT2D eigenvalue weighted by Gasteiger charge is 2.21. The number of rotatable bonds is 5. The Labute approximate surface area is 126 Å². The van der Waals surface area contributed by atoms with Gasteiger partial charge in [-0.05, 0) is 36.6 Å². The minimum absolute atomic E-state index is 0.337. The van der Waals surface area contributed by atoms with Crippen LogP contribution in [0.1, 0.15) is 19.4 Å². The largest absolute Gasteiger partial charge is 0.399 e. The monoisotopic (exact) mass is 294 g/mol. The Morgan fingerprint density at radius 3 is 2.95 bits per heavy atom. The molecule has 0 amide bonds. The Morgan fingerprint density at radius 2 is 2.25 bits per heavy atom. The third-order valence-electron chi connectivity index (χ3n) is 3.47. The molecule has 1 heterocycles. The first-order valence-electron chi connectivity index (χ1n) is 7.37. The summed E-state index contributed by atoms with van der Waals surface area (Å²) in [6.07, 6.45) is 0.337. The molecular formula is C16H26N2OS. The van der Waals surface area contributed by atoms with Crippen LogP contribution < -0.4 is 5.73 Å². The summed E-state index contributed by atoms with van der Waals surface area (Å²) in [5.74, 6) is 1.74. The Bertz CT molecular complexity index is 436. The zero-order valence-corrected chi connectivity index (χ0v) is 13.6. The normalized spacial score (nSPS) is 20.5. The van der Waals surface area contributed by atoms with Gasteiger partial charge in [-0.1, -0.05) is 13.8 Å². The Hall–Kier alpha value is -0.710. The predicted molar refractivity (Wildman–Crippen MR) is 87.3 cm³/mol. The lowest BCUT2D eigenvalue weighted by Crippen LogP contribution is -2.44. The van der Waals surface area contributed by atoms with E-state index in [1.807, 2.05) is 23.9 Å². The van der Waals surface area contributed by atoms with Crippen molar-refractivity contribution in [2.45, 2.75) is 31.8 Å². The number of aryl methyl sites for hydroxylation is 1. The summed E-state index contributed by atoms with van der Waals surface area (Å²) in [7, 11) is 0. The van der Waals surface area contributed by atoms with Crippen LogP contribution in [0.4, 0.5) is 5.69 Å². The first-order chi connectivity index (χ1) is 9.54. The smallest absolute Gasteiger partial charge is 0.0796 e. The number of thioether (sulfide) groups is 1. The van der Waals surface area contributed by atoms with Gasteiger partial charge in [-0.25, -0.2) is 0 Å². The molecule has 2 N–H and O–H groups in total. The summed E-state index contributed by atoms with van der Waals surface area (Å²) in [4.78, 5) is 3.83. The van der Waals surface area contributed by atoms with Crippen LogP contribution >= 0.6 is 11.8 Å². The first-order valence-corrected chi connectivity index (χ1v) is 8.36. The molecule has 3 nitrogen and oxygen atoms in total. The Balaban J connectivity index is 1.84. The van der Waals surface area contributed by atoms with Gasteiger partial charge in [-0.3, -0.25) is 4.90 Å². The van der Waals surface area contributed by atoms with Crippen LogP contribution in [0.5, 0.6) is 0 Å². The summed E-state index contributed by atoms with van der Waals surface area (Å²) in [5, 5.41) is 0. The van der Waals surface area contributed by atoms with E-state index >= 15 is 0 Å². The van der Waals surface area contributed by atoms with Crippen LogP contribution in [0.15, 0.2) is 23.1 Å². The maximum Gasteiger partial charge on any atom is 0.0796 e. The zero-order chi connectivity index (χ0) is 14.5. The topological polar surface area (TPSA) is 38.5 Å². The van der Waals surface area contributed by atoms with Gasteiger partial charge in [0.1, 0.15) is 0 Å². The molecular weight excluding hydrogens is 268 g/mol. The fraction of sp³-hybridized carbons (Fsp3) is 0.625. The minimum Gasteiger partial charge on any atom is -0.399 e. The number of hydrogen-bond donors (Lipinski definition) is 1. The third-order valence-corrected chi connectivity index (χ3v) is 4.78. The number of ether oxygens (including phenoxy) is 1. The van der Waals surface area contributed by atoms with Gasteiger partial charge in [0.25, 0.3) is 0 Å². The fourth-order valence-corrected chi connectivity index (χ4v) is 3.60. The lowest BCUT2D eigenvalue weighted by atomic mass is 10.2. The molecule has 1 unspecified atom stereocenters. The van der Waals surface area contributed by atoms with Gasteiger partial charge in [-0.2, -0.15) is 0 Å². The second kappa shape index (κ2) is 7.34. The van der Waals surface area contributed by atoms with E-state index in [2.05, 4.69) is 31.7 Å². The van der Waals surface area contributed by atoms with Gasteiger partial charge < -0.3 is 10.5 Å².